The van der Waals surface area contributed by atoms with Crippen LogP contribution in [0.3, 0.4) is 0 Å². The van der Waals surface area contributed by atoms with Crippen molar-refractivity contribution < 1.29 is 0 Å². The number of aromatic nitrogens is 2. The second kappa shape index (κ2) is 4.45. The third-order valence-electron chi connectivity index (χ3n) is 2.46. The van der Waals surface area contributed by atoms with E-state index in [4.69, 9.17) is 0 Å². The standard InChI is InChI=1S/C11H20N2/c1-5-6-9(4)11-7-10(8(2)3)12-13-11/h7-9H,5-6H2,1-4H3,(H,12,13). The molecule has 0 amide bonds. The van der Waals surface area contributed by atoms with Crippen molar-refractivity contribution in [3.8, 4) is 0 Å². The Labute approximate surface area is 80.7 Å². The molecule has 2 heteroatoms. The van der Waals surface area contributed by atoms with Gasteiger partial charge in [0.1, 0.15) is 0 Å². The van der Waals surface area contributed by atoms with Crippen LogP contribution < -0.4 is 0 Å². The summed E-state index contributed by atoms with van der Waals surface area (Å²) < 4.78 is 0. The second-order valence-electron chi connectivity index (χ2n) is 4.09. The molecule has 0 radical (unpaired) electrons. The van der Waals surface area contributed by atoms with Crippen LogP contribution in [0.15, 0.2) is 6.07 Å². The predicted molar refractivity (Wildman–Crippen MR) is 56.0 cm³/mol. The van der Waals surface area contributed by atoms with E-state index in [1.807, 2.05) is 0 Å². The van der Waals surface area contributed by atoms with E-state index in [0.29, 0.717) is 11.8 Å². The highest BCUT2D eigenvalue weighted by atomic mass is 15.1. The third-order valence-corrected chi connectivity index (χ3v) is 2.46. The van der Waals surface area contributed by atoms with Gasteiger partial charge in [-0.05, 0) is 24.3 Å². The summed E-state index contributed by atoms with van der Waals surface area (Å²) in [6.45, 7) is 8.81. The molecule has 0 aliphatic heterocycles. The predicted octanol–water partition coefficient (Wildman–Crippen LogP) is 3.44. The highest BCUT2D eigenvalue weighted by molar-refractivity contribution is 5.14. The van der Waals surface area contributed by atoms with Crippen molar-refractivity contribution in [3.63, 3.8) is 0 Å². The summed E-state index contributed by atoms with van der Waals surface area (Å²) in [6.07, 6.45) is 2.47. The fraction of sp³-hybridized carbons (Fsp3) is 0.727. The Bertz CT molecular complexity index is 250. The monoisotopic (exact) mass is 180 g/mol. The quantitative estimate of drug-likeness (QED) is 0.755. The lowest BCUT2D eigenvalue weighted by molar-refractivity contribution is 0.645. The zero-order valence-electron chi connectivity index (χ0n) is 9.09. The van der Waals surface area contributed by atoms with Gasteiger partial charge in [-0.2, -0.15) is 5.10 Å². The van der Waals surface area contributed by atoms with Gasteiger partial charge in [-0.25, -0.2) is 0 Å². The summed E-state index contributed by atoms with van der Waals surface area (Å²) in [5.41, 5.74) is 2.46. The molecule has 74 valence electrons. The third kappa shape index (κ3) is 2.58. The Morgan fingerprint density at radius 3 is 2.54 bits per heavy atom. The molecule has 0 aliphatic carbocycles. The van der Waals surface area contributed by atoms with Crippen LogP contribution in [0.25, 0.3) is 0 Å². The molecule has 0 spiro atoms. The summed E-state index contributed by atoms with van der Waals surface area (Å²) in [4.78, 5) is 0. The molecule has 0 fully saturated rings. The van der Waals surface area contributed by atoms with Gasteiger partial charge in [0.2, 0.25) is 0 Å². The maximum Gasteiger partial charge on any atom is 0.0650 e. The Kier molecular flexibility index (Phi) is 3.52. The number of hydrogen-bond acceptors (Lipinski definition) is 1. The molecule has 0 aromatic carbocycles. The molecule has 1 unspecified atom stereocenters. The number of nitrogens with zero attached hydrogens (tertiary/aromatic N) is 1. The maximum atomic E-state index is 4.29. The van der Waals surface area contributed by atoms with E-state index in [-0.39, 0.29) is 0 Å². The van der Waals surface area contributed by atoms with Crippen LogP contribution in [-0.2, 0) is 0 Å². The first kappa shape index (κ1) is 10.3. The van der Waals surface area contributed by atoms with Gasteiger partial charge in [-0.3, -0.25) is 5.10 Å². The fourth-order valence-electron chi connectivity index (χ4n) is 1.49. The van der Waals surface area contributed by atoms with Crippen molar-refractivity contribution in [1.82, 2.24) is 10.2 Å². The minimum Gasteiger partial charge on any atom is -0.282 e. The summed E-state index contributed by atoms with van der Waals surface area (Å²) >= 11 is 0. The topological polar surface area (TPSA) is 28.7 Å². The highest BCUT2D eigenvalue weighted by Crippen LogP contribution is 2.21. The lowest BCUT2D eigenvalue weighted by atomic mass is 10.0. The first-order valence-corrected chi connectivity index (χ1v) is 5.20. The van der Waals surface area contributed by atoms with Crippen molar-refractivity contribution >= 4 is 0 Å². The van der Waals surface area contributed by atoms with E-state index in [9.17, 15) is 0 Å². The molecule has 0 aliphatic rings. The highest BCUT2D eigenvalue weighted by Gasteiger charge is 2.09. The molecular formula is C11H20N2. The van der Waals surface area contributed by atoms with Crippen LogP contribution in [-0.4, -0.2) is 10.2 Å². The molecular weight excluding hydrogens is 160 g/mol. The summed E-state index contributed by atoms with van der Waals surface area (Å²) in [7, 11) is 0. The number of hydrogen-bond donors (Lipinski definition) is 1. The Balaban J connectivity index is 2.67. The van der Waals surface area contributed by atoms with E-state index in [0.717, 1.165) is 0 Å². The lowest BCUT2D eigenvalue weighted by Gasteiger charge is -2.05. The zero-order chi connectivity index (χ0) is 9.84. The lowest BCUT2D eigenvalue weighted by Crippen LogP contribution is -1.92. The summed E-state index contributed by atoms with van der Waals surface area (Å²) in [5, 5.41) is 7.42. The van der Waals surface area contributed by atoms with Gasteiger partial charge >= 0.3 is 0 Å². The number of rotatable bonds is 4. The number of aromatic amines is 1. The van der Waals surface area contributed by atoms with Crippen LogP contribution >= 0.6 is 0 Å². The molecule has 1 aromatic rings. The van der Waals surface area contributed by atoms with Crippen LogP contribution in [0, 0.1) is 0 Å². The van der Waals surface area contributed by atoms with Gasteiger partial charge in [0, 0.05) is 5.69 Å². The zero-order valence-corrected chi connectivity index (χ0v) is 9.09. The van der Waals surface area contributed by atoms with E-state index in [1.165, 1.54) is 24.2 Å². The average molecular weight is 180 g/mol. The van der Waals surface area contributed by atoms with Crippen molar-refractivity contribution in [3.05, 3.63) is 17.5 Å². The Hall–Kier alpha value is -0.790. The first-order valence-electron chi connectivity index (χ1n) is 5.20. The molecule has 0 saturated heterocycles. The molecule has 13 heavy (non-hydrogen) atoms. The molecule has 2 nitrogen and oxygen atoms in total. The van der Waals surface area contributed by atoms with E-state index in [2.05, 4.69) is 44.0 Å². The van der Waals surface area contributed by atoms with Crippen molar-refractivity contribution in [2.24, 2.45) is 0 Å². The minimum absolute atomic E-state index is 0.527. The SMILES string of the molecule is CCCC(C)c1cc(C(C)C)n[nH]1. The average Bonchev–Trinajstić information content (AvgIpc) is 2.52. The molecule has 1 rings (SSSR count). The summed E-state index contributed by atoms with van der Waals surface area (Å²) in [6, 6.07) is 2.20. The molecule has 1 aromatic heterocycles. The molecule has 1 atom stereocenters. The van der Waals surface area contributed by atoms with Crippen LogP contribution in [0.2, 0.25) is 0 Å². The smallest absolute Gasteiger partial charge is 0.0650 e. The van der Waals surface area contributed by atoms with Gasteiger partial charge in [0.15, 0.2) is 0 Å². The van der Waals surface area contributed by atoms with E-state index in [1.54, 1.807) is 0 Å². The van der Waals surface area contributed by atoms with Crippen molar-refractivity contribution in [1.29, 1.82) is 0 Å². The Morgan fingerprint density at radius 1 is 1.38 bits per heavy atom. The normalized spacial score (nSPS) is 13.6. The largest absolute Gasteiger partial charge is 0.282 e. The minimum atomic E-state index is 0.527. The second-order valence-corrected chi connectivity index (χ2v) is 4.09. The molecule has 1 heterocycles. The number of H-pyrrole nitrogens is 1. The van der Waals surface area contributed by atoms with E-state index < -0.39 is 0 Å². The first-order chi connectivity index (χ1) is 6.15. The van der Waals surface area contributed by atoms with Crippen molar-refractivity contribution in [2.75, 3.05) is 0 Å². The van der Waals surface area contributed by atoms with Gasteiger partial charge in [-0.15, -0.1) is 0 Å². The van der Waals surface area contributed by atoms with Gasteiger partial charge in [-0.1, -0.05) is 34.1 Å². The van der Waals surface area contributed by atoms with Crippen LogP contribution in [0.4, 0.5) is 0 Å². The van der Waals surface area contributed by atoms with E-state index >= 15 is 0 Å². The molecule has 0 bridgehead atoms. The summed E-state index contributed by atoms with van der Waals surface area (Å²) in [5.74, 6) is 1.14. The van der Waals surface area contributed by atoms with Gasteiger partial charge in [0.25, 0.3) is 0 Å². The van der Waals surface area contributed by atoms with Gasteiger partial charge < -0.3 is 0 Å². The maximum absolute atomic E-state index is 4.29. The van der Waals surface area contributed by atoms with Crippen molar-refractivity contribution in [2.45, 2.75) is 52.4 Å². The van der Waals surface area contributed by atoms with Crippen LogP contribution in [0.5, 0.6) is 0 Å². The molecule has 1 N–H and O–H groups in total. The molecule has 0 saturated carbocycles. The fourth-order valence-corrected chi connectivity index (χ4v) is 1.49. The van der Waals surface area contributed by atoms with Gasteiger partial charge in [0.05, 0.1) is 5.69 Å². The van der Waals surface area contributed by atoms with Crippen LogP contribution in [0.1, 0.15) is 63.8 Å². The Morgan fingerprint density at radius 2 is 2.08 bits per heavy atom. The number of nitrogens with one attached hydrogen (secondary N) is 1.